The van der Waals surface area contributed by atoms with Gasteiger partial charge >= 0.3 is 5.97 Å². The van der Waals surface area contributed by atoms with Crippen LogP contribution in [0, 0.1) is 0 Å². The first-order chi connectivity index (χ1) is 15.6. The third-order valence-electron chi connectivity index (χ3n) is 5.27. The number of ether oxygens (including phenoxy) is 3. The molecular weight excluding hydrogens is 414 g/mol. The Hall–Kier alpha value is -2.42. The molecule has 0 radical (unpaired) electrons. The van der Waals surface area contributed by atoms with Gasteiger partial charge in [-0.25, -0.2) is 4.79 Å². The van der Waals surface area contributed by atoms with E-state index in [2.05, 4.69) is 5.32 Å². The minimum Gasteiger partial charge on any atom is -0.465 e. The van der Waals surface area contributed by atoms with E-state index < -0.39 is 12.3 Å². The first-order valence-electron chi connectivity index (χ1n) is 11.3. The summed E-state index contributed by atoms with van der Waals surface area (Å²) in [6.45, 7) is 1.26. The lowest BCUT2D eigenvalue weighted by atomic mass is 9.92. The Labute approximate surface area is 189 Å². The molecule has 1 heterocycles. The first-order valence-corrected chi connectivity index (χ1v) is 11.3. The second-order valence-corrected chi connectivity index (χ2v) is 7.73. The number of carbonyl (C=O) groups is 2. The summed E-state index contributed by atoms with van der Waals surface area (Å²) in [4.78, 5) is 24.4. The van der Waals surface area contributed by atoms with Crippen LogP contribution in [0.4, 0.5) is 0 Å². The smallest absolute Gasteiger partial charge is 0.337 e. The van der Waals surface area contributed by atoms with Crippen LogP contribution in [0.2, 0.25) is 0 Å². The van der Waals surface area contributed by atoms with Crippen molar-refractivity contribution in [2.45, 2.75) is 57.2 Å². The van der Waals surface area contributed by atoms with Gasteiger partial charge in [-0.1, -0.05) is 25.0 Å². The van der Waals surface area contributed by atoms with Crippen molar-refractivity contribution in [3.63, 3.8) is 0 Å². The molecule has 178 valence electrons. The highest BCUT2D eigenvalue weighted by molar-refractivity contribution is 5.91. The number of carbonyl (C=O) groups excluding carboxylic acids is 2. The second-order valence-electron chi connectivity index (χ2n) is 7.73. The van der Waals surface area contributed by atoms with Crippen LogP contribution >= 0.6 is 0 Å². The van der Waals surface area contributed by atoms with Crippen LogP contribution in [-0.4, -0.2) is 61.9 Å². The molecule has 32 heavy (non-hydrogen) atoms. The fraction of sp³-hybridized carbons (Fsp3) is 0.583. The maximum absolute atomic E-state index is 12.7. The number of benzene rings is 1. The number of hydrogen-bond acceptors (Lipinski definition) is 7. The van der Waals surface area contributed by atoms with Gasteiger partial charge in [0, 0.05) is 32.1 Å². The van der Waals surface area contributed by atoms with E-state index in [0.29, 0.717) is 38.0 Å². The molecule has 1 aromatic carbocycles. The lowest BCUT2D eigenvalue weighted by molar-refractivity contribution is -0.146. The van der Waals surface area contributed by atoms with E-state index in [1.807, 2.05) is 12.1 Å². The van der Waals surface area contributed by atoms with Crippen LogP contribution in [0.5, 0.6) is 0 Å². The number of allylic oxidation sites excluding steroid dienone is 1. The largest absolute Gasteiger partial charge is 0.465 e. The Morgan fingerprint density at radius 1 is 1.03 bits per heavy atom. The summed E-state index contributed by atoms with van der Waals surface area (Å²) in [5, 5.41) is 20.7. The number of hydrogen-bond donors (Lipinski definition) is 3. The molecule has 0 aliphatic carbocycles. The number of aliphatic hydroxyl groups excluding tert-OH is 2. The molecular formula is C24H35NO7. The van der Waals surface area contributed by atoms with Crippen molar-refractivity contribution in [1.29, 1.82) is 0 Å². The highest BCUT2D eigenvalue weighted by atomic mass is 16.7. The van der Waals surface area contributed by atoms with Gasteiger partial charge in [0.15, 0.2) is 5.76 Å². The molecule has 8 nitrogen and oxygen atoms in total. The van der Waals surface area contributed by atoms with E-state index in [1.165, 1.54) is 7.11 Å². The molecule has 8 heteroatoms. The standard InChI is InChI=1S/C24H35NO7/c1-30-24(29)19-10-8-18(9-11-19)20-16-21(23(28)25-12-4-2-3-5-13-26)32-22(17-20)31-15-7-6-14-27/h8-11,16,20,22,26-27H,2-7,12-15,17H2,1H3,(H,25,28)/t20-,22+/m1/s1. The number of methoxy groups -OCH3 is 1. The van der Waals surface area contributed by atoms with E-state index in [4.69, 9.17) is 24.4 Å². The minimum atomic E-state index is -0.575. The van der Waals surface area contributed by atoms with Gasteiger partial charge in [0.25, 0.3) is 5.91 Å². The van der Waals surface area contributed by atoms with Crippen molar-refractivity contribution in [2.75, 3.05) is 33.5 Å². The summed E-state index contributed by atoms with van der Waals surface area (Å²) in [6.07, 6.45) is 6.57. The summed E-state index contributed by atoms with van der Waals surface area (Å²) in [5.41, 5.74) is 1.41. The van der Waals surface area contributed by atoms with Crippen LogP contribution in [0.3, 0.4) is 0 Å². The van der Waals surface area contributed by atoms with Crippen molar-refractivity contribution in [3.8, 4) is 0 Å². The van der Waals surface area contributed by atoms with Crippen LogP contribution in [0.25, 0.3) is 0 Å². The zero-order chi connectivity index (χ0) is 23.2. The van der Waals surface area contributed by atoms with Gasteiger partial charge in [-0.15, -0.1) is 0 Å². The molecule has 0 aromatic heterocycles. The normalized spacial score (nSPS) is 17.9. The summed E-state index contributed by atoms with van der Waals surface area (Å²) >= 11 is 0. The van der Waals surface area contributed by atoms with Gasteiger partial charge < -0.3 is 29.7 Å². The minimum absolute atomic E-state index is 0.107. The molecule has 0 saturated carbocycles. The van der Waals surface area contributed by atoms with E-state index >= 15 is 0 Å². The lowest BCUT2D eigenvalue weighted by Crippen LogP contribution is -2.33. The van der Waals surface area contributed by atoms with E-state index in [9.17, 15) is 9.59 Å². The maximum atomic E-state index is 12.7. The molecule has 0 fully saturated rings. The van der Waals surface area contributed by atoms with Gasteiger partial charge in [-0.05, 0) is 49.5 Å². The van der Waals surface area contributed by atoms with Gasteiger partial charge in [-0.2, -0.15) is 0 Å². The highest BCUT2D eigenvalue weighted by Crippen LogP contribution is 2.31. The Kier molecular flexibility index (Phi) is 11.8. The number of amides is 1. The Morgan fingerprint density at radius 3 is 2.41 bits per heavy atom. The summed E-state index contributed by atoms with van der Waals surface area (Å²) in [5.74, 6) is -0.570. The van der Waals surface area contributed by atoms with Gasteiger partial charge in [0.05, 0.1) is 19.3 Å². The zero-order valence-corrected chi connectivity index (χ0v) is 18.8. The predicted octanol–water partition coefficient (Wildman–Crippen LogP) is 2.65. The van der Waals surface area contributed by atoms with E-state index in [-0.39, 0.29) is 30.8 Å². The van der Waals surface area contributed by atoms with Crippen molar-refractivity contribution in [3.05, 3.63) is 47.2 Å². The van der Waals surface area contributed by atoms with Crippen molar-refractivity contribution in [2.24, 2.45) is 0 Å². The Balaban J connectivity index is 2.03. The van der Waals surface area contributed by atoms with Crippen LogP contribution < -0.4 is 5.32 Å². The summed E-state index contributed by atoms with van der Waals surface area (Å²) in [7, 11) is 1.34. The molecule has 1 aliphatic heterocycles. The number of nitrogens with one attached hydrogen (secondary N) is 1. The van der Waals surface area contributed by atoms with E-state index in [0.717, 1.165) is 31.2 Å². The zero-order valence-electron chi connectivity index (χ0n) is 18.8. The third kappa shape index (κ3) is 8.61. The molecule has 0 spiro atoms. The second kappa shape index (κ2) is 14.6. The number of unbranched alkanes of at least 4 members (excludes halogenated alkanes) is 4. The number of esters is 1. The highest BCUT2D eigenvalue weighted by Gasteiger charge is 2.28. The molecule has 2 rings (SSSR count). The number of rotatable bonds is 14. The van der Waals surface area contributed by atoms with Crippen LogP contribution in [-0.2, 0) is 19.0 Å². The molecule has 2 atom stereocenters. The van der Waals surface area contributed by atoms with Crippen molar-refractivity contribution < 1.29 is 34.0 Å². The number of aliphatic hydroxyl groups is 2. The molecule has 0 saturated heterocycles. The molecule has 0 unspecified atom stereocenters. The maximum Gasteiger partial charge on any atom is 0.337 e. The summed E-state index contributed by atoms with van der Waals surface area (Å²) in [6, 6.07) is 7.10. The summed E-state index contributed by atoms with van der Waals surface area (Å²) < 4.78 is 16.4. The fourth-order valence-electron chi connectivity index (χ4n) is 3.44. The molecule has 1 aromatic rings. The average Bonchev–Trinajstić information content (AvgIpc) is 2.83. The van der Waals surface area contributed by atoms with Gasteiger partial charge in [-0.3, -0.25) is 4.79 Å². The molecule has 1 amide bonds. The third-order valence-corrected chi connectivity index (χ3v) is 5.27. The van der Waals surface area contributed by atoms with Crippen molar-refractivity contribution in [1.82, 2.24) is 5.32 Å². The quantitative estimate of drug-likeness (QED) is 0.295. The lowest BCUT2D eigenvalue weighted by Gasteiger charge is -2.29. The van der Waals surface area contributed by atoms with Crippen LogP contribution in [0.1, 0.15) is 66.8 Å². The molecule has 0 bridgehead atoms. The molecule has 1 aliphatic rings. The van der Waals surface area contributed by atoms with Gasteiger partial charge in [0.2, 0.25) is 6.29 Å². The monoisotopic (exact) mass is 449 g/mol. The first kappa shape index (κ1) is 25.8. The molecule has 3 N–H and O–H groups in total. The fourth-order valence-corrected chi connectivity index (χ4v) is 3.44. The Bertz CT molecular complexity index is 732. The van der Waals surface area contributed by atoms with E-state index in [1.54, 1.807) is 18.2 Å². The topological polar surface area (TPSA) is 114 Å². The average molecular weight is 450 g/mol. The van der Waals surface area contributed by atoms with Crippen molar-refractivity contribution >= 4 is 11.9 Å². The Morgan fingerprint density at radius 2 is 1.72 bits per heavy atom. The van der Waals surface area contributed by atoms with Gasteiger partial charge in [0.1, 0.15) is 0 Å². The van der Waals surface area contributed by atoms with Crippen LogP contribution in [0.15, 0.2) is 36.1 Å². The SMILES string of the molecule is COC(=O)c1ccc([C@@H]2C=C(C(=O)NCCCCCCO)O[C@H](OCCCCO)C2)cc1. The predicted molar refractivity (Wildman–Crippen MR) is 119 cm³/mol.